The molecule has 1 saturated heterocycles. The van der Waals surface area contributed by atoms with E-state index in [1.54, 1.807) is 31.7 Å². The molecule has 1 aliphatic rings. The number of furan rings is 1. The van der Waals surface area contributed by atoms with Crippen molar-refractivity contribution in [2.24, 2.45) is 0 Å². The van der Waals surface area contributed by atoms with Gasteiger partial charge in [0.25, 0.3) is 11.9 Å². The maximum atomic E-state index is 13.3. The number of ether oxygens (including phenoxy) is 2. The van der Waals surface area contributed by atoms with Crippen LogP contribution in [0.3, 0.4) is 0 Å². The number of carbonyl (C=O) groups is 1. The Hall–Kier alpha value is -3.82. The van der Waals surface area contributed by atoms with Crippen molar-refractivity contribution in [3.63, 3.8) is 0 Å². The molecule has 0 spiro atoms. The Morgan fingerprint density at radius 3 is 2.71 bits per heavy atom. The highest BCUT2D eigenvalue weighted by atomic mass is 16.5. The van der Waals surface area contributed by atoms with Gasteiger partial charge in [0, 0.05) is 38.5 Å². The number of nitrogens with one attached hydrogen (secondary N) is 1. The Labute approximate surface area is 203 Å². The summed E-state index contributed by atoms with van der Waals surface area (Å²) in [6.07, 6.45) is 6.44. The quantitative estimate of drug-likeness (QED) is 0.417. The summed E-state index contributed by atoms with van der Waals surface area (Å²) < 4.78 is 18.0. The first kappa shape index (κ1) is 22.9. The Morgan fingerprint density at radius 1 is 1.14 bits per heavy atom. The second kappa shape index (κ2) is 10.2. The predicted molar refractivity (Wildman–Crippen MR) is 128 cm³/mol. The van der Waals surface area contributed by atoms with Crippen LogP contribution >= 0.6 is 0 Å². The number of nitrogens with zero attached hydrogens (tertiary/aromatic N) is 4. The van der Waals surface area contributed by atoms with E-state index in [4.69, 9.17) is 13.9 Å². The van der Waals surface area contributed by atoms with Gasteiger partial charge in [0.15, 0.2) is 5.76 Å². The van der Waals surface area contributed by atoms with Gasteiger partial charge in [-0.2, -0.15) is 9.78 Å². The van der Waals surface area contributed by atoms with E-state index in [0.29, 0.717) is 48.4 Å². The minimum Gasteiger partial charge on any atom is -0.463 e. The third-order valence-corrected chi connectivity index (χ3v) is 6.42. The molecule has 35 heavy (non-hydrogen) atoms. The fourth-order valence-corrected chi connectivity index (χ4v) is 4.49. The summed E-state index contributed by atoms with van der Waals surface area (Å²) in [5.74, 6) is 0.734. The molecule has 1 fully saturated rings. The number of amides is 1. The molecule has 1 amide bonds. The first-order valence-corrected chi connectivity index (χ1v) is 11.5. The lowest BCUT2D eigenvalue weighted by molar-refractivity contribution is 0.0487. The number of benzene rings is 1. The van der Waals surface area contributed by atoms with Crippen LogP contribution in [0, 0.1) is 0 Å². The van der Waals surface area contributed by atoms with Crippen LogP contribution in [0.25, 0.3) is 17.4 Å². The second-order valence-corrected chi connectivity index (χ2v) is 8.51. The zero-order valence-corrected chi connectivity index (χ0v) is 19.5. The van der Waals surface area contributed by atoms with Gasteiger partial charge in [-0.1, -0.05) is 30.3 Å². The van der Waals surface area contributed by atoms with Crippen molar-refractivity contribution < 1.29 is 18.7 Å². The Kier molecular flexibility index (Phi) is 6.69. The maximum Gasteiger partial charge on any atom is 0.254 e. The molecular weight excluding hydrogens is 446 g/mol. The van der Waals surface area contributed by atoms with Gasteiger partial charge in [0.2, 0.25) is 0 Å². The van der Waals surface area contributed by atoms with E-state index in [1.807, 2.05) is 24.3 Å². The van der Waals surface area contributed by atoms with Gasteiger partial charge in [0.1, 0.15) is 5.69 Å². The van der Waals surface area contributed by atoms with E-state index in [-0.39, 0.29) is 17.9 Å². The lowest BCUT2D eigenvalue weighted by atomic mass is 9.74. The largest absolute Gasteiger partial charge is 0.463 e. The summed E-state index contributed by atoms with van der Waals surface area (Å²) in [5.41, 5.74) is 2.65. The number of hydrogen-bond acceptors (Lipinski definition) is 7. The number of carbonyl (C=O) groups excluding carboxylic acids is 1. The van der Waals surface area contributed by atoms with Crippen LogP contribution in [0.15, 0.2) is 71.6 Å². The molecule has 1 aromatic carbocycles. The lowest BCUT2D eigenvalue weighted by Gasteiger charge is -2.38. The zero-order valence-electron chi connectivity index (χ0n) is 19.5. The highest BCUT2D eigenvalue weighted by molar-refractivity contribution is 5.95. The van der Waals surface area contributed by atoms with Crippen LogP contribution in [0.5, 0.6) is 0 Å². The molecule has 3 aromatic heterocycles. The highest BCUT2D eigenvalue weighted by Crippen LogP contribution is 2.34. The summed E-state index contributed by atoms with van der Waals surface area (Å²) >= 11 is 0. The summed E-state index contributed by atoms with van der Waals surface area (Å²) in [6, 6.07) is 15.7. The molecule has 1 N–H and O–H groups in total. The van der Waals surface area contributed by atoms with Crippen molar-refractivity contribution in [1.29, 1.82) is 0 Å². The minimum atomic E-state index is -0.215. The van der Waals surface area contributed by atoms with Crippen LogP contribution in [0.4, 0.5) is 0 Å². The normalized spacial score (nSPS) is 15.1. The fourth-order valence-electron chi connectivity index (χ4n) is 4.49. The number of hydrogen-bond donors (Lipinski definition) is 1. The van der Waals surface area contributed by atoms with Gasteiger partial charge in [-0.25, -0.2) is 9.97 Å². The van der Waals surface area contributed by atoms with E-state index in [0.717, 1.165) is 12.8 Å². The van der Waals surface area contributed by atoms with Crippen molar-refractivity contribution in [3.8, 4) is 17.4 Å². The van der Waals surface area contributed by atoms with Crippen LogP contribution in [-0.4, -0.2) is 52.5 Å². The minimum absolute atomic E-state index is 0.174. The second-order valence-electron chi connectivity index (χ2n) is 8.51. The molecule has 0 radical (unpaired) electrons. The summed E-state index contributed by atoms with van der Waals surface area (Å²) in [4.78, 5) is 22.3. The van der Waals surface area contributed by atoms with Gasteiger partial charge >= 0.3 is 0 Å². The molecule has 5 rings (SSSR count). The van der Waals surface area contributed by atoms with Crippen LogP contribution in [0.1, 0.15) is 34.5 Å². The Balaban J connectivity index is 1.40. The fraction of sp³-hybridized carbons (Fsp3) is 0.308. The summed E-state index contributed by atoms with van der Waals surface area (Å²) in [5, 5.41) is 7.57. The Morgan fingerprint density at radius 2 is 1.97 bits per heavy atom. The standard InChI is InChI=1S/C26H27N5O4/c1-33-17-22-20(16-29-31(22)25-27-12-9-21(30-25)23-8-5-13-35-23)24(32)28-18-26(10-14-34-15-11-26)19-6-3-2-4-7-19/h2-9,12-13,16H,10-11,14-15,17-18H2,1H3,(H,28,32). The van der Waals surface area contributed by atoms with E-state index in [2.05, 4.69) is 32.5 Å². The van der Waals surface area contributed by atoms with Crippen LogP contribution < -0.4 is 5.32 Å². The van der Waals surface area contributed by atoms with E-state index < -0.39 is 0 Å². The molecule has 4 aromatic rings. The van der Waals surface area contributed by atoms with Crippen molar-refractivity contribution in [2.45, 2.75) is 24.9 Å². The van der Waals surface area contributed by atoms with E-state index >= 15 is 0 Å². The molecule has 0 saturated carbocycles. The molecule has 180 valence electrons. The van der Waals surface area contributed by atoms with Crippen molar-refractivity contribution in [1.82, 2.24) is 25.1 Å². The third kappa shape index (κ3) is 4.73. The lowest BCUT2D eigenvalue weighted by Crippen LogP contribution is -2.44. The molecule has 0 bridgehead atoms. The van der Waals surface area contributed by atoms with Gasteiger partial charge in [-0.3, -0.25) is 4.79 Å². The SMILES string of the molecule is COCc1c(C(=O)NCC2(c3ccccc3)CCOCC2)cnn1-c1nccc(-c2ccco2)n1. The van der Waals surface area contributed by atoms with Gasteiger partial charge in [-0.15, -0.1) is 0 Å². The van der Waals surface area contributed by atoms with Gasteiger partial charge < -0.3 is 19.2 Å². The average molecular weight is 474 g/mol. The molecule has 9 heteroatoms. The Bertz CT molecular complexity index is 1260. The summed E-state index contributed by atoms with van der Waals surface area (Å²) in [7, 11) is 1.57. The molecule has 1 aliphatic heterocycles. The van der Waals surface area contributed by atoms with E-state index in [9.17, 15) is 4.79 Å². The first-order chi connectivity index (χ1) is 17.2. The average Bonchev–Trinajstić information content (AvgIpc) is 3.60. The highest BCUT2D eigenvalue weighted by Gasteiger charge is 2.35. The van der Waals surface area contributed by atoms with Crippen molar-refractivity contribution in [2.75, 3.05) is 26.9 Å². The molecule has 0 atom stereocenters. The molecule has 9 nitrogen and oxygen atoms in total. The number of methoxy groups -OCH3 is 1. The number of rotatable bonds is 8. The monoisotopic (exact) mass is 473 g/mol. The predicted octanol–water partition coefficient (Wildman–Crippen LogP) is 3.55. The number of aromatic nitrogens is 4. The van der Waals surface area contributed by atoms with Crippen molar-refractivity contribution in [3.05, 3.63) is 84.0 Å². The molecular formula is C26H27N5O4. The van der Waals surface area contributed by atoms with Crippen LogP contribution in [0.2, 0.25) is 0 Å². The summed E-state index contributed by atoms with van der Waals surface area (Å²) in [6.45, 7) is 2.01. The zero-order chi connectivity index (χ0) is 24.1. The van der Waals surface area contributed by atoms with Gasteiger partial charge in [0.05, 0.1) is 30.3 Å². The van der Waals surface area contributed by atoms with Crippen LogP contribution in [-0.2, 0) is 21.5 Å². The first-order valence-electron chi connectivity index (χ1n) is 11.5. The smallest absolute Gasteiger partial charge is 0.254 e. The molecule has 0 unspecified atom stereocenters. The van der Waals surface area contributed by atoms with E-state index in [1.165, 1.54) is 16.4 Å². The molecule has 4 heterocycles. The topological polar surface area (TPSA) is 104 Å². The van der Waals surface area contributed by atoms with Gasteiger partial charge in [-0.05, 0) is 36.6 Å². The maximum absolute atomic E-state index is 13.3. The molecule has 0 aliphatic carbocycles. The van der Waals surface area contributed by atoms with Crippen molar-refractivity contribution >= 4 is 5.91 Å². The third-order valence-electron chi connectivity index (χ3n) is 6.42.